The second-order valence-electron chi connectivity index (χ2n) is 17.8. The highest BCUT2D eigenvalue weighted by atomic mass is 32.1. The first-order chi connectivity index (χ1) is 29.0. The Morgan fingerprint density at radius 2 is 1.67 bits per heavy atom. The van der Waals surface area contributed by atoms with Gasteiger partial charge in [-0.3, -0.25) is 23.9 Å². The second-order valence-corrected chi connectivity index (χ2v) is 19.9. The van der Waals surface area contributed by atoms with E-state index in [1.54, 1.807) is 22.7 Å². The van der Waals surface area contributed by atoms with E-state index in [1.807, 2.05) is 103 Å². The molecule has 2 unspecified atom stereocenters. The lowest BCUT2D eigenvalue weighted by Crippen LogP contribution is -2.59. The minimum Gasteiger partial charge on any atom is -0.391 e. The number of carbonyl (C=O) groups excluding carboxylic acids is 3. The summed E-state index contributed by atoms with van der Waals surface area (Å²) in [5, 5.41) is 26.7. The molecule has 0 radical (unpaired) electrons. The third kappa shape index (κ3) is 8.20. The van der Waals surface area contributed by atoms with Crippen LogP contribution < -0.4 is 10.6 Å². The molecule has 3 aromatic heterocycles. The van der Waals surface area contributed by atoms with E-state index in [0.29, 0.717) is 12.8 Å². The van der Waals surface area contributed by atoms with Crippen molar-refractivity contribution in [3.05, 3.63) is 104 Å². The van der Waals surface area contributed by atoms with E-state index in [-0.39, 0.29) is 43.5 Å². The Balaban J connectivity index is 0.921. The first-order valence-corrected chi connectivity index (χ1v) is 22.6. The quantitative estimate of drug-likeness (QED) is 0.128. The van der Waals surface area contributed by atoms with Crippen molar-refractivity contribution in [2.75, 3.05) is 6.54 Å². The van der Waals surface area contributed by atoms with Crippen molar-refractivity contribution in [2.24, 2.45) is 10.4 Å². The lowest BCUT2D eigenvalue weighted by molar-refractivity contribution is -0.147. The van der Waals surface area contributed by atoms with Gasteiger partial charge in [-0.1, -0.05) is 69.3 Å². The molecule has 3 aliphatic rings. The SMILES string of the molecule is Cc1ncsc1-c1ccc(C(C)NC(=O)[C@@H]2C[C@@H](O)CN2C(=O)C(NC(=O)C2(OCc3ccc(C4=N[C@@H](C)c5nnc(C)n5-c5sc(C)c(C)c54)cc3)CC2)C(C)(C)C)cc1. The van der Waals surface area contributed by atoms with E-state index in [9.17, 15) is 19.5 Å². The van der Waals surface area contributed by atoms with Crippen LogP contribution in [0.25, 0.3) is 15.4 Å². The van der Waals surface area contributed by atoms with E-state index in [2.05, 4.69) is 44.2 Å². The molecule has 5 heterocycles. The average Bonchev–Trinajstić information content (AvgIpc) is 3.40. The van der Waals surface area contributed by atoms with Crippen LogP contribution in [-0.4, -0.2) is 83.5 Å². The molecule has 0 bridgehead atoms. The number of β-amino-alcohol motifs (C(OH)–C–C–N with tert-alkyl or cyclic N) is 1. The third-order valence-corrected chi connectivity index (χ3v) is 14.4. The number of nitrogens with zero attached hydrogens (tertiary/aromatic N) is 6. The number of hydrogen-bond donors (Lipinski definition) is 3. The zero-order chi connectivity index (χ0) is 43.5. The number of amides is 3. The number of carbonyl (C=O) groups is 3. The van der Waals surface area contributed by atoms with Crippen LogP contribution in [0.15, 0.2) is 59.0 Å². The van der Waals surface area contributed by atoms with Crippen molar-refractivity contribution in [3.8, 4) is 15.4 Å². The number of aliphatic hydroxyl groups is 1. The van der Waals surface area contributed by atoms with Gasteiger partial charge in [-0.25, -0.2) is 4.98 Å². The largest absolute Gasteiger partial charge is 0.391 e. The summed E-state index contributed by atoms with van der Waals surface area (Å²) in [6, 6.07) is 13.7. The number of benzene rings is 2. The highest BCUT2D eigenvalue weighted by molar-refractivity contribution is 7.15. The number of likely N-dealkylation sites (tertiary alicyclic amines) is 1. The van der Waals surface area contributed by atoms with Crippen LogP contribution in [0.2, 0.25) is 0 Å². The summed E-state index contributed by atoms with van der Waals surface area (Å²) >= 11 is 3.31. The monoisotopic (exact) mass is 862 g/mol. The van der Waals surface area contributed by atoms with Crippen LogP contribution in [0.1, 0.15) is 116 Å². The molecule has 2 aliphatic heterocycles. The summed E-state index contributed by atoms with van der Waals surface area (Å²) < 4.78 is 8.48. The Hall–Kier alpha value is -5.09. The highest BCUT2D eigenvalue weighted by Crippen LogP contribution is 2.42. The molecule has 1 aliphatic carbocycles. The molecule has 2 aromatic carbocycles. The van der Waals surface area contributed by atoms with Crippen LogP contribution in [0, 0.1) is 33.1 Å². The molecule has 8 rings (SSSR count). The van der Waals surface area contributed by atoms with Crippen LogP contribution in [0.5, 0.6) is 0 Å². The first-order valence-electron chi connectivity index (χ1n) is 20.9. The molecule has 3 amide bonds. The maximum absolute atomic E-state index is 14.4. The number of aromatic nitrogens is 4. The minimum atomic E-state index is -1.07. The molecule has 3 N–H and O–H groups in total. The molecule has 15 heteroatoms. The number of hydrogen-bond acceptors (Lipinski definition) is 11. The Kier molecular flexibility index (Phi) is 11.4. The van der Waals surface area contributed by atoms with Gasteiger partial charge < -0.3 is 25.4 Å². The van der Waals surface area contributed by atoms with Gasteiger partial charge in [0, 0.05) is 29.0 Å². The van der Waals surface area contributed by atoms with E-state index in [1.165, 1.54) is 15.3 Å². The van der Waals surface area contributed by atoms with Gasteiger partial charge in [0.1, 0.15) is 34.6 Å². The fourth-order valence-electron chi connectivity index (χ4n) is 8.29. The lowest BCUT2D eigenvalue weighted by Gasteiger charge is -2.36. The predicted octanol–water partition coefficient (Wildman–Crippen LogP) is 7.02. The third-order valence-electron chi connectivity index (χ3n) is 12.2. The van der Waals surface area contributed by atoms with Gasteiger partial charge in [-0.05, 0) is 82.1 Å². The van der Waals surface area contributed by atoms with Crippen molar-refractivity contribution < 1.29 is 24.2 Å². The normalized spacial score (nSPS) is 20.3. The second kappa shape index (κ2) is 16.3. The van der Waals surface area contributed by atoms with Gasteiger partial charge in [0.25, 0.3) is 5.91 Å². The molecule has 1 saturated heterocycles. The zero-order valence-electron chi connectivity index (χ0n) is 36.2. The maximum atomic E-state index is 14.4. The van der Waals surface area contributed by atoms with Crippen molar-refractivity contribution >= 4 is 46.1 Å². The number of nitrogens with one attached hydrogen (secondary N) is 2. The Morgan fingerprint density at radius 1 is 0.984 bits per heavy atom. The van der Waals surface area contributed by atoms with E-state index in [4.69, 9.17) is 9.73 Å². The lowest BCUT2D eigenvalue weighted by atomic mass is 9.85. The van der Waals surface area contributed by atoms with Crippen molar-refractivity contribution in [1.29, 1.82) is 0 Å². The number of aliphatic imine (C=N–C) groups is 1. The molecule has 13 nitrogen and oxygen atoms in total. The average molecular weight is 863 g/mol. The molecular formula is C46H54N8O5S2. The standard InChI is InChI=1S/C46H54N8O5S2/c1-24-28(5)61-43-36(24)37(48-27(4)40-52-51-29(6)54(40)43)32-12-10-30(11-13-32)22-59-46(18-19-46)44(58)50-39(45(7,8)9)42(57)53-21-34(55)20-35(53)41(56)49-25(2)31-14-16-33(17-15-31)38-26(3)47-23-60-38/h10-17,23,25,27,34-35,39,55H,18-22H2,1-9H3,(H,49,56)(H,50,58)/t25?,27-,34+,35-,39?/m0/s1. The Bertz CT molecular complexity index is 2510. The molecule has 61 heavy (non-hydrogen) atoms. The number of thiazole rings is 1. The molecule has 0 spiro atoms. The van der Waals surface area contributed by atoms with Crippen molar-refractivity contribution in [2.45, 2.75) is 124 Å². The van der Waals surface area contributed by atoms with Crippen LogP contribution >= 0.6 is 22.7 Å². The van der Waals surface area contributed by atoms with Crippen molar-refractivity contribution in [3.63, 3.8) is 0 Å². The molecule has 5 atom stereocenters. The molecule has 5 aromatic rings. The summed E-state index contributed by atoms with van der Waals surface area (Å²) in [6.07, 6.45) is 0.277. The van der Waals surface area contributed by atoms with Crippen LogP contribution in [0.4, 0.5) is 0 Å². The molecule has 1 saturated carbocycles. The summed E-state index contributed by atoms with van der Waals surface area (Å²) in [6.45, 7) is 18.0. The van der Waals surface area contributed by atoms with Gasteiger partial charge >= 0.3 is 0 Å². The minimum absolute atomic E-state index is 0.00652. The molecule has 320 valence electrons. The topological polar surface area (TPSA) is 164 Å². The smallest absolute Gasteiger partial charge is 0.252 e. The predicted molar refractivity (Wildman–Crippen MR) is 237 cm³/mol. The number of aliphatic hydroxyl groups excluding tert-OH is 1. The van der Waals surface area contributed by atoms with Gasteiger partial charge in [0.05, 0.1) is 40.5 Å². The van der Waals surface area contributed by atoms with Gasteiger partial charge in [-0.15, -0.1) is 32.9 Å². The number of aryl methyl sites for hydroxylation is 3. The van der Waals surface area contributed by atoms with E-state index < -0.39 is 35.1 Å². The summed E-state index contributed by atoms with van der Waals surface area (Å²) in [4.78, 5) is 55.4. The molecular weight excluding hydrogens is 809 g/mol. The number of ether oxygens (including phenoxy) is 1. The van der Waals surface area contributed by atoms with Crippen LogP contribution in [-0.2, 0) is 25.7 Å². The van der Waals surface area contributed by atoms with Crippen LogP contribution in [0.3, 0.4) is 0 Å². The van der Waals surface area contributed by atoms with Gasteiger partial charge in [0.2, 0.25) is 11.8 Å². The number of fused-ring (bicyclic) bond motifs is 3. The summed E-state index contributed by atoms with van der Waals surface area (Å²) in [5.74, 6) is 0.525. The fourth-order valence-corrected chi connectivity index (χ4v) is 10.3. The summed E-state index contributed by atoms with van der Waals surface area (Å²) in [7, 11) is 0. The zero-order valence-corrected chi connectivity index (χ0v) is 37.8. The highest BCUT2D eigenvalue weighted by Gasteiger charge is 2.54. The summed E-state index contributed by atoms with van der Waals surface area (Å²) in [5.41, 5.74) is 8.05. The molecule has 2 fully saturated rings. The first kappa shape index (κ1) is 42.6. The van der Waals surface area contributed by atoms with E-state index >= 15 is 0 Å². The van der Waals surface area contributed by atoms with Crippen molar-refractivity contribution in [1.82, 2.24) is 35.3 Å². The number of rotatable bonds is 11. The van der Waals surface area contributed by atoms with Gasteiger partial charge in [0.15, 0.2) is 5.82 Å². The number of thiophene rings is 1. The van der Waals surface area contributed by atoms with Gasteiger partial charge in [-0.2, -0.15) is 0 Å². The Labute approximate surface area is 364 Å². The Morgan fingerprint density at radius 3 is 2.31 bits per heavy atom. The maximum Gasteiger partial charge on any atom is 0.252 e. The van der Waals surface area contributed by atoms with E-state index in [0.717, 1.165) is 60.7 Å². The fraction of sp³-hybridized carbons (Fsp3) is 0.457.